The standard InChI is InChI=1S/C16H23NO3S/c1-12-6-3-4-7-13(12)17(10-9-15(18)20-2)16(19)14-8-5-11-21-14/h5,8,11-13H,3-4,6-7,9-10H2,1-2H3. The van der Waals surface area contributed by atoms with Crippen molar-refractivity contribution in [3.8, 4) is 0 Å². The minimum Gasteiger partial charge on any atom is -0.469 e. The smallest absolute Gasteiger partial charge is 0.307 e. The van der Waals surface area contributed by atoms with Crippen LogP contribution in [0.4, 0.5) is 0 Å². The van der Waals surface area contributed by atoms with Gasteiger partial charge in [0, 0.05) is 12.6 Å². The van der Waals surface area contributed by atoms with Gasteiger partial charge in [-0.15, -0.1) is 11.3 Å². The van der Waals surface area contributed by atoms with Crippen molar-refractivity contribution in [1.82, 2.24) is 4.90 Å². The largest absolute Gasteiger partial charge is 0.469 e. The molecule has 0 bridgehead atoms. The SMILES string of the molecule is COC(=O)CCN(C(=O)c1cccs1)C1CCCCC1C. The molecule has 0 N–H and O–H groups in total. The number of hydrogen-bond acceptors (Lipinski definition) is 4. The highest BCUT2D eigenvalue weighted by atomic mass is 32.1. The molecular weight excluding hydrogens is 286 g/mol. The molecule has 1 aliphatic rings. The number of nitrogens with zero attached hydrogens (tertiary/aromatic N) is 1. The number of esters is 1. The van der Waals surface area contributed by atoms with Crippen LogP contribution in [-0.4, -0.2) is 36.5 Å². The van der Waals surface area contributed by atoms with Crippen LogP contribution >= 0.6 is 11.3 Å². The maximum Gasteiger partial charge on any atom is 0.307 e. The van der Waals surface area contributed by atoms with Crippen molar-refractivity contribution >= 4 is 23.2 Å². The lowest BCUT2D eigenvalue weighted by molar-refractivity contribution is -0.141. The Morgan fingerprint density at radius 2 is 2.14 bits per heavy atom. The van der Waals surface area contributed by atoms with E-state index in [4.69, 9.17) is 4.74 Å². The van der Waals surface area contributed by atoms with Crippen LogP contribution in [0.5, 0.6) is 0 Å². The summed E-state index contributed by atoms with van der Waals surface area (Å²) >= 11 is 1.46. The van der Waals surface area contributed by atoms with Crippen LogP contribution in [0.3, 0.4) is 0 Å². The number of methoxy groups -OCH3 is 1. The van der Waals surface area contributed by atoms with E-state index in [2.05, 4.69) is 6.92 Å². The van der Waals surface area contributed by atoms with E-state index in [1.807, 2.05) is 22.4 Å². The Morgan fingerprint density at radius 1 is 1.38 bits per heavy atom. The first kappa shape index (κ1) is 16.0. The Bertz CT molecular complexity index is 472. The predicted molar refractivity (Wildman–Crippen MR) is 83.4 cm³/mol. The lowest BCUT2D eigenvalue weighted by Gasteiger charge is -2.38. The Morgan fingerprint density at radius 3 is 2.76 bits per heavy atom. The zero-order valence-electron chi connectivity index (χ0n) is 12.7. The maximum atomic E-state index is 12.7. The van der Waals surface area contributed by atoms with Crippen molar-refractivity contribution in [2.75, 3.05) is 13.7 Å². The van der Waals surface area contributed by atoms with Crippen molar-refractivity contribution < 1.29 is 14.3 Å². The van der Waals surface area contributed by atoms with Gasteiger partial charge < -0.3 is 9.64 Å². The number of carbonyl (C=O) groups excluding carboxylic acids is 2. The van der Waals surface area contributed by atoms with E-state index in [-0.39, 0.29) is 24.3 Å². The molecule has 0 aromatic carbocycles. The first-order valence-electron chi connectivity index (χ1n) is 7.54. The second-order valence-corrected chi connectivity index (χ2v) is 6.58. The maximum absolute atomic E-state index is 12.7. The summed E-state index contributed by atoms with van der Waals surface area (Å²) in [5, 5.41) is 1.91. The molecule has 1 amide bonds. The van der Waals surface area contributed by atoms with Gasteiger partial charge in [0.15, 0.2) is 0 Å². The highest BCUT2D eigenvalue weighted by Crippen LogP contribution is 2.29. The normalized spacial score (nSPS) is 21.8. The van der Waals surface area contributed by atoms with Crippen molar-refractivity contribution in [2.24, 2.45) is 5.92 Å². The molecule has 0 radical (unpaired) electrons. The number of ether oxygens (including phenoxy) is 1. The van der Waals surface area contributed by atoms with Crippen LogP contribution in [-0.2, 0) is 9.53 Å². The highest BCUT2D eigenvalue weighted by molar-refractivity contribution is 7.12. The number of amides is 1. The molecule has 1 aromatic rings. The molecule has 0 saturated heterocycles. The van der Waals surface area contributed by atoms with Gasteiger partial charge in [-0.2, -0.15) is 0 Å². The summed E-state index contributed by atoms with van der Waals surface area (Å²) < 4.78 is 4.71. The molecule has 2 atom stereocenters. The minimum absolute atomic E-state index is 0.0488. The van der Waals surface area contributed by atoms with Crippen LogP contribution in [0, 0.1) is 5.92 Å². The molecule has 1 aliphatic carbocycles. The Balaban J connectivity index is 2.12. The zero-order chi connectivity index (χ0) is 15.2. The van der Waals surface area contributed by atoms with Crippen LogP contribution in [0.25, 0.3) is 0 Å². The molecule has 1 heterocycles. The molecule has 0 aliphatic heterocycles. The summed E-state index contributed by atoms with van der Waals surface area (Å²) in [7, 11) is 1.39. The average molecular weight is 309 g/mol. The lowest BCUT2D eigenvalue weighted by Crippen LogP contribution is -2.46. The fraction of sp³-hybridized carbons (Fsp3) is 0.625. The van der Waals surface area contributed by atoms with Crippen LogP contribution in [0.1, 0.15) is 48.7 Å². The van der Waals surface area contributed by atoms with Gasteiger partial charge in [0.25, 0.3) is 5.91 Å². The van der Waals surface area contributed by atoms with Gasteiger partial charge in [-0.25, -0.2) is 0 Å². The van der Waals surface area contributed by atoms with Gasteiger partial charge in [-0.1, -0.05) is 25.8 Å². The van der Waals surface area contributed by atoms with Crippen molar-refractivity contribution in [3.05, 3.63) is 22.4 Å². The Labute approximate surface area is 130 Å². The molecule has 5 heteroatoms. The topological polar surface area (TPSA) is 46.6 Å². The fourth-order valence-electron chi connectivity index (χ4n) is 3.03. The molecule has 21 heavy (non-hydrogen) atoms. The van der Waals surface area contributed by atoms with Crippen molar-refractivity contribution in [2.45, 2.75) is 45.1 Å². The summed E-state index contributed by atoms with van der Waals surface area (Å²) in [6.07, 6.45) is 4.82. The third-order valence-electron chi connectivity index (χ3n) is 4.24. The average Bonchev–Trinajstić information content (AvgIpc) is 3.02. The summed E-state index contributed by atoms with van der Waals surface area (Å²) in [6.45, 7) is 2.65. The summed E-state index contributed by atoms with van der Waals surface area (Å²) in [5.41, 5.74) is 0. The van der Waals surface area contributed by atoms with E-state index in [1.54, 1.807) is 0 Å². The number of carbonyl (C=O) groups is 2. The first-order valence-corrected chi connectivity index (χ1v) is 8.42. The second kappa shape index (κ2) is 7.59. The molecule has 1 aromatic heterocycles. The molecule has 4 nitrogen and oxygen atoms in total. The first-order chi connectivity index (χ1) is 10.1. The third-order valence-corrected chi connectivity index (χ3v) is 5.10. The van der Waals surface area contributed by atoms with Gasteiger partial charge >= 0.3 is 5.97 Å². The second-order valence-electron chi connectivity index (χ2n) is 5.63. The number of thiophene rings is 1. The van der Waals surface area contributed by atoms with Crippen LogP contribution < -0.4 is 0 Å². The summed E-state index contributed by atoms with van der Waals surface area (Å²) in [5.74, 6) is 0.274. The fourth-order valence-corrected chi connectivity index (χ4v) is 3.71. The molecule has 1 saturated carbocycles. The van der Waals surface area contributed by atoms with Gasteiger partial charge in [0.1, 0.15) is 0 Å². The molecule has 2 unspecified atom stereocenters. The van der Waals surface area contributed by atoms with Gasteiger partial charge in [-0.05, 0) is 30.2 Å². The van der Waals surface area contributed by atoms with Gasteiger partial charge in [0.2, 0.25) is 0 Å². The number of rotatable bonds is 5. The van der Waals surface area contributed by atoms with E-state index in [0.717, 1.165) is 24.1 Å². The van der Waals surface area contributed by atoms with E-state index in [1.165, 1.54) is 24.9 Å². The Kier molecular flexibility index (Phi) is 5.79. The van der Waals surface area contributed by atoms with Crippen LogP contribution in [0.2, 0.25) is 0 Å². The minimum atomic E-state index is -0.262. The number of hydrogen-bond donors (Lipinski definition) is 0. The Hall–Kier alpha value is -1.36. The van der Waals surface area contributed by atoms with Crippen molar-refractivity contribution in [1.29, 1.82) is 0 Å². The lowest BCUT2D eigenvalue weighted by atomic mass is 9.84. The van der Waals surface area contributed by atoms with Crippen molar-refractivity contribution in [3.63, 3.8) is 0 Å². The highest BCUT2D eigenvalue weighted by Gasteiger charge is 2.31. The van der Waals surface area contributed by atoms with E-state index in [0.29, 0.717) is 12.5 Å². The monoisotopic (exact) mass is 309 g/mol. The third kappa shape index (κ3) is 4.06. The summed E-state index contributed by atoms with van der Waals surface area (Å²) in [4.78, 5) is 26.8. The quantitative estimate of drug-likeness (QED) is 0.784. The molecule has 2 rings (SSSR count). The predicted octanol–water partition coefficient (Wildman–Crippen LogP) is 3.33. The zero-order valence-corrected chi connectivity index (χ0v) is 13.5. The molecular formula is C16H23NO3S. The van der Waals surface area contributed by atoms with E-state index < -0.39 is 0 Å². The summed E-state index contributed by atoms with van der Waals surface area (Å²) in [6, 6.07) is 3.98. The van der Waals surface area contributed by atoms with Gasteiger partial charge in [-0.3, -0.25) is 9.59 Å². The molecule has 0 spiro atoms. The van der Waals surface area contributed by atoms with E-state index >= 15 is 0 Å². The van der Waals surface area contributed by atoms with Gasteiger partial charge in [0.05, 0.1) is 18.4 Å². The molecule has 116 valence electrons. The van der Waals surface area contributed by atoms with E-state index in [9.17, 15) is 9.59 Å². The molecule has 1 fully saturated rings. The van der Waals surface area contributed by atoms with Crippen LogP contribution in [0.15, 0.2) is 17.5 Å².